The molecule has 1 atom stereocenters. The van der Waals surface area contributed by atoms with E-state index in [1.54, 1.807) is 4.90 Å². The molecule has 1 aliphatic rings. The number of H-pyrrole nitrogens is 1. The third-order valence-corrected chi connectivity index (χ3v) is 4.51. The van der Waals surface area contributed by atoms with Crippen LogP contribution in [0, 0.1) is 5.92 Å². The number of aromatic nitrogens is 4. The van der Waals surface area contributed by atoms with Gasteiger partial charge in [0.25, 0.3) is 11.5 Å². The van der Waals surface area contributed by atoms with Crippen molar-refractivity contribution in [1.82, 2.24) is 24.8 Å². The molecule has 0 bridgehead atoms. The van der Waals surface area contributed by atoms with Gasteiger partial charge in [0.1, 0.15) is 0 Å². The molecule has 4 rings (SSSR count). The number of rotatable bonds is 3. The van der Waals surface area contributed by atoms with Crippen molar-refractivity contribution in [1.29, 1.82) is 0 Å². The largest absolute Gasteiger partial charge is 0.373 e. The third kappa shape index (κ3) is 2.73. The van der Waals surface area contributed by atoms with Crippen LogP contribution in [0.2, 0.25) is 0 Å². The van der Waals surface area contributed by atoms with Gasteiger partial charge >= 0.3 is 0 Å². The van der Waals surface area contributed by atoms with Crippen LogP contribution in [0.15, 0.2) is 45.7 Å². The lowest BCUT2D eigenvalue weighted by Crippen LogP contribution is -2.44. The van der Waals surface area contributed by atoms with E-state index in [1.807, 2.05) is 48.9 Å². The van der Waals surface area contributed by atoms with Crippen LogP contribution < -0.4 is 5.56 Å². The lowest BCUT2D eigenvalue weighted by Gasteiger charge is -2.36. The molecule has 1 aromatic carbocycles. The molecule has 0 fully saturated rings. The van der Waals surface area contributed by atoms with Crippen LogP contribution in [0.5, 0.6) is 0 Å². The average Bonchev–Trinajstić information content (AvgIpc) is 3.27. The number of carbonyl (C=O) groups is 1. The van der Waals surface area contributed by atoms with Gasteiger partial charge in [0, 0.05) is 12.1 Å². The maximum Gasteiger partial charge on any atom is 0.293 e. The van der Waals surface area contributed by atoms with Crippen molar-refractivity contribution in [3.05, 3.63) is 58.3 Å². The van der Waals surface area contributed by atoms with Crippen LogP contribution in [-0.2, 0) is 6.54 Å². The van der Waals surface area contributed by atoms with E-state index in [1.165, 1.54) is 6.07 Å². The molecule has 134 valence electrons. The fourth-order valence-corrected chi connectivity index (χ4v) is 3.34. The Morgan fingerprint density at radius 2 is 2.04 bits per heavy atom. The summed E-state index contributed by atoms with van der Waals surface area (Å²) in [4.78, 5) is 30.6. The molecule has 26 heavy (non-hydrogen) atoms. The first kappa shape index (κ1) is 16.3. The van der Waals surface area contributed by atoms with Gasteiger partial charge in [-0.1, -0.05) is 44.2 Å². The summed E-state index contributed by atoms with van der Waals surface area (Å²) >= 11 is 0. The first-order valence-electron chi connectivity index (χ1n) is 8.54. The van der Waals surface area contributed by atoms with Crippen molar-refractivity contribution in [2.45, 2.75) is 26.4 Å². The van der Waals surface area contributed by atoms with Gasteiger partial charge in [0.05, 0.1) is 18.7 Å². The zero-order valence-electron chi connectivity index (χ0n) is 14.5. The maximum atomic E-state index is 12.8. The van der Waals surface area contributed by atoms with Gasteiger partial charge in [-0.05, 0) is 5.92 Å². The average molecular weight is 353 g/mol. The fourth-order valence-electron chi connectivity index (χ4n) is 3.34. The van der Waals surface area contributed by atoms with Crippen molar-refractivity contribution in [2.24, 2.45) is 5.92 Å². The van der Waals surface area contributed by atoms with Crippen LogP contribution in [0.4, 0.5) is 0 Å². The lowest BCUT2D eigenvalue weighted by atomic mass is 9.99. The first-order valence-corrected chi connectivity index (χ1v) is 8.54. The summed E-state index contributed by atoms with van der Waals surface area (Å²) in [5.41, 5.74) is 0.507. The summed E-state index contributed by atoms with van der Waals surface area (Å²) < 4.78 is 6.86. The van der Waals surface area contributed by atoms with Gasteiger partial charge in [-0.2, -0.15) is 10.3 Å². The highest BCUT2D eigenvalue weighted by Gasteiger charge is 2.37. The van der Waals surface area contributed by atoms with E-state index in [-0.39, 0.29) is 23.6 Å². The number of nitrogens with zero attached hydrogens (tertiary/aromatic N) is 4. The number of benzene rings is 1. The quantitative estimate of drug-likeness (QED) is 0.777. The number of hydrogen-bond donors (Lipinski definition) is 1. The monoisotopic (exact) mass is 353 g/mol. The second-order valence-electron chi connectivity index (χ2n) is 6.65. The van der Waals surface area contributed by atoms with E-state index in [0.717, 1.165) is 11.4 Å². The Kier molecular flexibility index (Phi) is 3.95. The summed E-state index contributed by atoms with van der Waals surface area (Å²) in [6.07, 6.45) is 0. The lowest BCUT2D eigenvalue weighted by molar-refractivity contribution is 0.0496. The normalized spacial score (nSPS) is 16.7. The minimum absolute atomic E-state index is 0.0110. The Bertz CT molecular complexity index is 986. The molecule has 8 nitrogen and oxygen atoms in total. The molecule has 1 N–H and O–H groups in total. The Morgan fingerprint density at radius 1 is 1.27 bits per heavy atom. The topological polar surface area (TPSA) is 97.0 Å². The van der Waals surface area contributed by atoms with E-state index in [0.29, 0.717) is 18.9 Å². The predicted molar refractivity (Wildman–Crippen MR) is 93.4 cm³/mol. The van der Waals surface area contributed by atoms with Crippen molar-refractivity contribution in [3.63, 3.8) is 0 Å². The van der Waals surface area contributed by atoms with E-state index in [2.05, 4.69) is 10.3 Å². The van der Waals surface area contributed by atoms with Gasteiger partial charge in [0.2, 0.25) is 5.76 Å². The van der Waals surface area contributed by atoms with Gasteiger partial charge in [-0.3, -0.25) is 9.59 Å². The van der Waals surface area contributed by atoms with Crippen molar-refractivity contribution in [2.75, 3.05) is 6.54 Å². The minimum Gasteiger partial charge on any atom is -0.373 e. The second kappa shape index (κ2) is 6.29. The molecule has 3 heterocycles. The van der Waals surface area contributed by atoms with Crippen molar-refractivity contribution < 1.29 is 9.32 Å². The zero-order chi connectivity index (χ0) is 18.3. The van der Waals surface area contributed by atoms with E-state index in [9.17, 15) is 9.59 Å². The van der Waals surface area contributed by atoms with Gasteiger partial charge in [-0.15, -0.1) is 0 Å². The Balaban J connectivity index is 1.72. The highest BCUT2D eigenvalue weighted by molar-refractivity contribution is 5.91. The number of aromatic amines is 1. The Labute approximate surface area is 149 Å². The summed E-state index contributed by atoms with van der Waals surface area (Å²) in [6, 6.07) is 10.7. The molecule has 0 saturated heterocycles. The molecule has 1 aliphatic heterocycles. The Morgan fingerprint density at radius 3 is 2.69 bits per heavy atom. The maximum absolute atomic E-state index is 12.8. The highest BCUT2D eigenvalue weighted by Crippen LogP contribution is 2.33. The number of amides is 1. The van der Waals surface area contributed by atoms with Crippen LogP contribution in [-0.4, -0.2) is 37.3 Å². The molecule has 1 amide bonds. The molecule has 0 saturated carbocycles. The molecule has 0 aliphatic carbocycles. The summed E-state index contributed by atoms with van der Waals surface area (Å²) in [5.74, 6) is 1.20. The van der Waals surface area contributed by atoms with Gasteiger partial charge < -0.3 is 9.42 Å². The summed E-state index contributed by atoms with van der Waals surface area (Å²) in [7, 11) is 0. The third-order valence-electron chi connectivity index (χ3n) is 4.51. The van der Waals surface area contributed by atoms with Crippen LogP contribution in [0.3, 0.4) is 0 Å². The molecule has 0 spiro atoms. The standard InChI is InChI=1S/C18H19N5O3/c1-11(2)15-17-19-16(12-6-4-3-5-7-12)20-23(17)9-8-22(15)18(25)13-10-14(24)21-26-13/h3-7,10-11,15H,8-9H2,1-2H3,(H,21,24)/t15-/m0/s1. The fraction of sp³-hybridized carbons (Fsp3) is 0.333. The SMILES string of the molecule is CC(C)[C@H]1c2nc(-c3ccccc3)nn2CCN1C(=O)c1cc(=O)[nH]o1. The van der Waals surface area contributed by atoms with Crippen LogP contribution in [0.25, 0.3) is 11.4 Å². The molecule has 0 radical (unpaired) electrons. The Hall–Kier alpha value is -3.16. The molecule has 0 unspecified atom stereocenters. The molecular formula is C18H19N5O3. The molecule has 2 aromatic heterocycles. The van der Waals surface area contributed by atoms with Crippen molar-refractivity contribution >= 4 is 5.91 Å². The minimum atomic E-state index is -0.430. The van der Waals surface area contributed by atoms with Gasteiger partial charge in [-0.25, -0.2) is 9.67 Å². The number of carbonyl (C=O) groups excluding carboxylic acids is 1. The smallest absolute Gasteiger partial charge is 0.293 e. The molecule has 8 heteroatoms. The predicted octanol–water partition coefficient (Wildman–Crippen LogP) is 2.08. The number of nitrogens with one attached hydrogen (secondary N) is 1. The summed E-state index contributed by atoms with van der Waals surface area (Å²) in [5, 5.41) is 6.78. The highest BCUT2D eigenvalue weighted by atomic mass is 16.5. The second-order valence-corrected chi connectivity index (χ2v) is 6.65. The van der Waals surface area contributed by atoms with E-state index >= 15 is 0 Å². The number of fused-ring (bicyclic) bond motifs is 1. The first-order chi connectivity index (χ1) is 12.5. The molecular weight excluding hydrogens is 334 g/mol. The number of hydrogen-bond acceptors (Lipinski definition) is 5. The molecule has 3 aromatic rings. The summed E-state index contributed by atoms with van der Waals surface area (Å²) in [6.45, 7) is 5.08. The van der Waals surface area contributed by atoms with Crippen LogP contribution >= 0.6 is 0 Å². The van der Waals surface area contributed by atoms with Crippen molar-refractivity contribution in [3.8, 4) is 11.4 Å². The van der Waals surface area contributed by atoms with E-state index in [4.69, 9.17) is 9.51 Å². The van der Waals surface area contributed by atoms with E-state index < -0.39 is 5.56 Å². The van der Waals surface area contributed by atoms with Crippen LogP contribution in [0.1, 0.15) is 36.3 Å². The zero-order valence-corrected chi connectivity index (χ0v) is 14.5. The van der Waals surface area contributed by atoms with Gasteiger partial charge in [0.15, 0.2) is 11.6 Å².